The second-order valence-electron chi connectivity index (χ2n) is 15.2. The van der Waals surface area contributed by atoms with Gasteiger partial charge in [-0.2, -0.15) is 10.2 Å². The molecule has 16 nitrogen and oxygen atoms in total. The molecular weight excluding hydrogens is 723 g/mol. The average Bonchev–Trinajstić information content (AvgIpc) is 3.85. The zero-order valence-electron chi connectivity index (χ0n) is 30.8. The number of aromatic nitrogens is 5. The molecular formula is C39H39FN10O6. The van der Waals surface area contributed by atoms with Gasteiger partial charge >= 0.3 is 0 Å². The van der Waals surface area contributed by atoms with Crippen molar-refractivity contribution >= 4 is 57.5 Å². The van der Waals surface area contributed by atoms with E-state index in [1.807, 2.05) is 36.9 Å². The van der Waals surface area contributed by atoms with Crippen molar-refractivity contribution in [3.63, 3.8) is 0 Å². The van der Waals surface area contributed by atoms with Gasteiger partial charge in [0.2, 0.25) is 11.8 Å². The van der Waals surface area contributed by atoms with Crippen LogP contribution in [0.3, 0.4) is 0 Å². The maximum atomic E-state index is 16.2. The minimum atomic E-state index is -1.52. The first-order valence-corrected chi connectivity index (χ1v) is 18.7. The number of anilines is 2. The number of alkyl halides is 1. The van der Waals surface area contributed by atoms with E-state index in [0.29, 0.717) is 41.4 Å². The van der Waals surface area contributed by atoms with Crippen molar-refractivity contribution in [2.75, 3.05) is 42.9 Å². The second-order valence-corrected chi connectivity index (χ2v) is 15.2. The van der Waals surface area contributed by atoms with E-state index in [4.69, 9.17) is 9.84 Å². The molecule has 1 unspecified atom stereocenters. The van der Waals surface area contributed by atoms with Gasteiger partial charge in [-0.1, -0.05) is 6.07 Å². The van der Waals surface area contributed by atoms with Gasteiger partial charge < -0.3 is 15.0 Å². The Morgan fingerprint density at radius 1 is 1.07 bits per heavy atom. The third-order valence-corrected chi connectivity index (χ3v) is 10.9. The minimum absolute atomic E-state index is 0.0320. The van der Waals surface area contributed by atoms with Crippen molar-refractivity contribution < 1.29 is 33.1 Å². The molecule has 7 heterocycles. The highest BCUT2D eigenvalue weighted by molar-refractivity contribution is 6.25. The lowest BCUT2D eigenvalue weighted by Gasteiger charge is -2.49. The minimum Gasteiger partial charge on any atom is -0.489 e. The quantitative estimate of drug-likeness (QED) is 0.211. The van der Waals surface area contributed by atoms with Gasteiger partial charge in [-0.15, -0.1) is 0 Å². The van der Waals surface area contributed by atoms with E-state index in [2.05, 4.69) is 25.6 Å². The lowest BCUT2D eigenvalue weighted by molar-refractivity contribution is -0.136. The number of rotatable bonds is 9. The lowest BCUT2D eigenvalue weighted by Crippen LogP contribution is -2.64. The Hall–Kier alpha value is -6.23. The number of ether oxygens (including phenoxy) is 1. The van der Waals surface area contributed by atoms with Crippen molar-refractivity contribution in [1.29, 1.82) is 0 Å². The Balaban J connectivity index is 0.840. The van der Waals surface area contributed by atoms with Crippen LogP contribution in [0.25, 0.3) is 16.6 Å². The van der Waals surface area contributed by atoms with Gasteiger partial charge in [0.15, 0.2) is 11.3 Å². The van der Waals surface area contributed by atoms with Crippen LogP contribution in [0.1, 0.15) is 76.6 Å². The van der Waals surface area contributed by atoms with Crippen molar-refractivity contribution in [3.8, 4) is 5.75 Å². The van der Waals surface area contributed by atoms with Crippen LogP contribution in [0.15, 0.2) is 61.2 Å². The van der Waals surface area contributed by atoms with Crippen LogP contribution in [0.4, 0.5) is 15.8 Å². The highest BCUT2D eigenvalue weighted by atomic mass is 19.1. The first-order valence-electron chi connectivity index (χ1n) is 18.7. The lowest BCUT2D eigenvalue weighted by atomic mass is 9.92. The van der Waals surface area contributed by atoms with E-state index in [1.165, 1.54) is 16.8 Å². The average molecular weight is 763 g/mol. The molecule has 5 aromatic rings. The number of carbonyl (C=O) groups excluding carboxylic acids is 5. The van der Waals surface area contributed by atoms with Gasteiger partial charge in [-0.05, 0) is 57.4 Å². The molecule has 3 aromatic heterocycles. The molecule has 3 saturated heterocycles. The van der Waals surface area contributed by atoms with Gasteiger partial charge in [-0.3, -0.25) is 43.8 Å². The molecule has 56 heavy (non-hydrogen) atoms. The number of likely N-dealkylation sites (tertiary alicyclic amines) is 1. The van der Waals surface area contributed by atoms with Crippen molar-refractivity contribution in [1.82, 2.24) is 39.5 Å². The first-order chi connectivity index (χ1) is 26.9. The standard InChI is InChI=1S/C39H39FN10O6/c1-22(2)56-31-16-27-23(15-28(31)43-35(52)26-17-42-48-12-4-11-41-34(26)48)18-49(45-27)24-9-13-46(14-10-24)19-39(40)20-47(21-39)29-6-3-5-25-33(29)38(55)50(37(25)54)30-7-8-32(51)44-36(30)53/h3-6,11-12,15-18,22,24,30H,7-10,13-14,19-21H2,1-2H3,(H,43,52)(H,44,51,53). The Labute approximate surface area is 319 Å². The SMILES string of the molecule is CC(C)Oc1cc2nn(C3CCN(CC4(F)CN(c5cccc6c5C(=O)N(C5CCC(=O)NC5=O)C6=O)C4)CC3)cc2cc1NC(=O)c1cnn2cccnc12. The predicted octanol–water partition coefficient (Wildman–Crippen LogP) is 3.39. The first kappa shape index (κ1) is 35.5. The number of fused-ring (bicyclic) bond motifs is 3. The van der Waals surface area contributed by atoms with Crippen molar-refractivity contribution in [2.45, 2.75) is 63.4 Å². The summed E-state index contributed by atoms with van der Waals surface area (Å²) in [7, 11) is 0. The van der Waals surface area contributed by atoms with E-state index in [0.717, 1.165) is 28.6 Å². The van der Waals surface area contributed by atoms with E-state index in [1.54, 1.807) is 35.5 Å². The molecule has 4 aliphatic heterocycles. The van der Waals surface area contributed by atoms with Gasteiger partial charge in [0.1, 0.15) is 17.4 Å². The summed E-state index contributed by atoms with van der Waals surface area (Å²) < 4.78 is 25.8. The number of benzene rings is 2. The molecule has 3 fully saturated rings. The highest BCUT2D eigenvalue weighted by Crippen LogP contribution is 2.40. The number of carbonyl (C=O) groups is 5. The van der Waals surface area contributed by atoms with E-state index < -0.39 is 35.3 Å². The number of hydrogen-bond donors (Lipinski definition) is 2. The molecule has 5 amide bonds. The summed E-state index contributed by atoms with van der Waals surface area (Å²) in [6, 6.07) is 9.34. The zero-order valence-corrected chi connectivity index (χ0v) is 30.8. The fraction of sp³-hybridized carbons (Fsp3) is 0.385. The van der Waals surface area contributed by atoms with Crippen LogP contribution in [-0.2, 0) is 9.59 Å². The van der Waals surface area contributed by atoms with Crippen LogP contribution in [0.5, 0.6) is 5.75 Å². The van der Waals surface area contributed by atoms with Gasteiger partial charge in [0.25, 0.3) is 17.7 Å². The fourth-order valence-electron chi connectivity index (χ4n) is 8.30. The number of piperidine rings is 2. The number of nitrogens with zero attached hydrogens (tertiary/aromatic N) is 8. The van der Waals surface area contributed by atoms with Crippen LogP contribution in [0.2, 0.25) is 0 Å². The number of nitrogens with one attached hydrogen (secondary N) is 2. The number of imide groups is 2. The molecule has 0 saturated carbocycles. The molecule has 17 heteroatoms. The molecule has 288 valence electrons. The molecule has 4 aliphatic rings. The van der Waals surface area contributed by atoms with E-state index in [9.17, 15) is 24.0 Å². The summed E-state index contributed by atoms with van der Waals surface area (Å²) in [6.45, 7) is 5.49. The Morgan fingerprint density at radius 2 is 1.88 bits per heavy atom. The third-order valence-electron chi connectivity index (χ3n) is 10.9. The topological polar surface area (TPSA) is 176 Å². The van der Waals surface area contributed by atoms with E-state index >= 15 is 4.39 Å². The smallest absolute Gasteiger partial charge is 0.264 e. The highest BCUT2D eigenvalue weighted by Gasteiger charge is 2.50. The summed E-state index contributed by atoms with van der Waals surface area (Å²) in [5.41, 5.74) is 1.30. The molecule has 1 atom stereocenters. The largest absolute Gasteiger partial charge is 0.489 e. The van der Waals surface area contributed by atoms with Crippen LogP contribution < -0.4 is 20.3 Å². The van der Waals surface area contributed by atoms with Crippen LogP contribution >= 0.6 is 0 Å². The molecule has 0 radical (unpaired) electrons. The summed E-state index contributed by atoms with van der Waals surface area (Å²) in [6.07, 6.45) is 8.24. The predicted molar refractivity (Wildman–Crippen MR) is 200 cm³/mol. The molecule has 0 aliphatic carbocycles. The normalized spacial score (nSPS) is 20.2. The molecule has 0 spiro atoms. The van der Waals surface area contributed by atoms with Crippen LogP contribution in [0, 0.1) is 0 Å². The maximum absolute atomic E-state index is 16.2. The molecule has 0 bridgehead atoms. The van der Waals surface area contributed by atoms with Gasteiger partial charge in [0.05, 0.1) is 59.5 Å². The number of halogens is 1. The second kappa shape index (κ2) is 13.5. The Morgan fingerprint density at radius 3 is 2.64 bits per heavy atom. The number of amides is 5. The number of hydrogen-bond acceptors (Lipinski definition) is 11. The molecule has 2 aromatic carbocycles. The summed E-state index contributed by atoms with van der Waals surface area (Å²) in [5, 5.41) is 15.1. The zero-order chi connectivity index (χ0) is 38.9. The van der Waals surface area contributed by atoms with Crippen molar-refractivity contribution in [2.24, 2.45) is 0 Å². The molecule has 2 N–H and O–H groups in total. The van der Waals surface area contributed by atoms with Crippen molar-refractivity contribution in [3.05, 3.63) is 77.9 Å². The molecule has 9 rings (SSSR count). The van der Waals surface area contributed by atoms with E-state index in [-0.39, 0.29) is 61.7 Å². The Kier molecular flexibility index (Phi) is 8.56. The van der Waals surface area contributed by atoms with Crippen LogP contribution in [-0.4, -0.2) is 114 Å². The maximum Gasteiger partial charge on any atom is 0.264 e. The Bertz CT molecular complexity index is 2450. The van der Waals surface area contributed by atoms with Gasteiger partial charge in [-0.25, -0.2) is 13.9 Å². The summed E-state index contributed by atoms with van der Waals surface area (Å²) >= 11 is 0. The summed E-state index contributed by atoms with van der Waals surface area (Å²) in [4.78, 5) is 73.5. The monoisotopic (exact) mass is 762 g/mol. The van der Waals surface area contributed by atoms with Gasteiger partial charge in [0, 0.05) is 56.1 Å². The fourth-order valence-corrected chi connectivity index (χ4v) is 8.30. The third kappa shape index (κ3) is 6.20. The summed E-state index contributed by atoms with van der Waals surface area (Å²) in [5.74, 6) is -2.17.